The van der Waals surface area contributed by atoms with Gasteiger partial charge < -0.3 is 10.4 Å². The van der Waals surface area contributed by atoms with E-state index in [0.717, 1.165) is 25.7 Å². The minimum absolute atomic E-state index is 0.0240. The van der Waals surface area contributed by atoms with Crippen molar-refractivity contribution in [1.82, 2.24) is 5.32 Å². The Bertz CT molecular complexity index is 364. The summed E-state index contributed by atoms with van der Waals surface area (Å²) in [5.41, 5.74) is 0. The molecule has 0 saturated heterocycles. The average molecular weight is 251 g/mol. The van der Waals surface area contributed by atoms with Crippen molar-refractivity contribution in [1.29, 1.82) is 0 Å². The quantitative estimate of drug-likeness (QED) is 0.709. The molecule has 2 N–H and O–H groups in total. The molecular weight excluding hydrogens is 230 g/mol. The van der Waals surface area contributed by atoms with E-state index in [1.54, 1.807) is 0 Å². The highest BCUT2D eigenvalue weighted by Crippen LogP contribution is 2.43. The summed E-state index contributed by atoms with van der Waals surface area (Å²) < 4.78 is 0. The highest BCUT2D eigenvalue weighted by Gasteiger charge is 2.40. The van der Waals surface area contributed by atoms with Crippen LogP contribution in [-0.2, 0) is 9.59 Å². The first kappa shape index (κ1) is 13.1. The molecule has 0 aromatic rings. The van der Waals surface area contributed by atoms with Crippen LogP contribution in [0.2, 0.25) is 0 Å². The maximum Gasteiger partial charge on any atom is 0.305 e. The number of aliphatic carboxylic acids is 1. The summed E-state index contributed by atoms with van der Waals surface area (Å²) in [7, 11) is 0. The van der Waals surface area contributed by atoms with Crippen LogP contribution >= 0.6 is 0 Å². The first-order chi connectivity index (χ1) is 8.60. The number of carboxylic acid groups (broad SMARTS) is 1. The van der Waals surface area contributed by atoms with Crippen LogP contribution in [0.15, 0.2) is 12.2 Å². The van der Waals surface area contributed by atoms with Gasteiger partial charge in [-0.1, -0.05) is 25.5 Å². The molecule has 4 unspecified atom stereocenters. The predicted molar refractivity (Wildman–Crippen MR) is 67.9 cm³/mol. The van der Waals surface area contributed by atoms with Crippen LogP contribution in [0, 0.1) is 17.8 Å². The van der Waals surface area contributed by atoms with Crippen LogP contribution in [-0.4, -0.2) is 23.0 Å². The fourth-order valence-electron chi connectivity index (χ4n) is 3.17. The zero-order valence-corrected chi connectivity index (χ0v) is 10.8. The summed E-state index contributed by atoms with van der Waals surface area (Å²) in [6.07, 6.45) is 8.01. The lowest BCUT2D eigenvalue weighted by atomic mass is 9.92. The first-order valence-corrected chi connectivity index (χ1v) is 6.80. The van der Waals surface area contributed by atoms with Crippen molar-refractivity contribution in [3.63, 3.8) is 0 Å². The molecule has 2 rings (SSSR count). The lowest BCUT2D eigenvalue weighted by Gasteiger charge is -2.22. The van der Waals surface area contributed by atoms with E-state index < -0.39 is 5.97 Å². The van der Waals surface area contributed by atoms with E-state index in [-0.39, 0.29) is 24.3 Å². The number of hydrogen-bond acceptors (Lipinski definition) is 2. The van der Waals surface area contributed by atoms with E-state index in [2.05, 4.69) is 17.5 Å². The first-order valence-electron chi connectivity index (χ1n) is 6.80. The number of carboxylic acids is 1. The molecule has 4 nitrogen and oxygen atoms in total. The molecule has 2 aliphatic carbocycles. The van der Waals surface area contributed by atoms with Gasteiger partial charge in [0.1, 0.15) is 0 Å². The summed E-state index contributed by atoms with van der Waals surface area (Å²) in [4.78, 5) is 22.9. The number of hydrogen-bond donors (Lipinski definition) is 2. The van der Waals surface area contributed by atoms with E-state index >= 15 is 0 Å². The minimum atomic E-state index is -0.846. The second-order valence-electron chi connectivity index (χ2n) is 5.48. The molecule has 0 heterocycles. The van der Waals surface area contributed by atoms with Crippen LogP contribution in [0.5, 0.6) is 0 Å². The Hall–Kier alpha value is -1.32. The monoisotopic (exact) mass is 251 g/mol. The lowest BCUT2D eigenvalue weighted by Crippen LogP contribution is -2.41. The molecule has 0 aromatic heterocycles. The summed E-state index contributed by atoms with van der Waals surface area (Å²) >= 11 is 0. The fourth-order valence-corrected chi connectivity index (χ4v) is 3.17. The summed E-state index contributed by atoms with van der Waals surface area (Å²) in [5.74, 6) is 0.207. The SMILES string of the molecule is CCCC(CC(=O)O)NC(=O)C1CC2C=CC1C2. The zero-order valence-electron chi connectivity index (χ0n) is 10.8. The molecule has 4 heteroatoms. The third-order valence-corrected chi connectivity index (χ3v) is 4.02. The Morgan fingerprint density at radius 2 is 2.17 bits per heavy atom. The van der Waals surface area contributed by atoms with E-state index in [4.69, 9.17) is 5.11 Å². The molecule has 0 spiro atoms. The molecule has 0 aromatic carbocycles. The normalized spacial score (nSPS) is 30.4. The molecule has 100 valence electrons. The smallest absolute Gasteiger partial charge is 0.305 e. The van der Waals surface area contributed by atoms with E-state index in [1.807, 2.05) is 6.92 Å². The Kier molecular flexibility index (Phi) is 4.04. The standard InChI is InChI=1S/C14H21NO3/c1-2-3-11(8-13(16)17)15-14(18)12-7-9-4-5-10(12)6-9/h4-5,9-12H,2-3,6-8H2,1H3,(H,15,18)(H,16,17). The van der Waals surface area contributed by atoms with Crippen LogP contribution < -0.4 is 5.32 Å². The van der Waals surface area contributed by atoms with Gasteiger partial charge in [-0.05, 0) is 31.1 Å². The van der Waals surface area contributed by atoms with Crippen molar-refractivity contribution in [2.45, 2.75) is 45.1 Å². The molecule has 0 aliphatic heterocycles. The van der Waals surface area contributed by atoms with Gasteiger partial charge in [-0.3, -0.25) is 9.59 Å². The van der Waals surface area contributed by atoms with Crippen LogP contribution in [0.3, 0.4) is 0 Å². The van der Waals surface area contributed by atoms with Gasteiger partial charge in [-0.15, -0.1) is 0 Å². The van der Waals surface area contributed by atoms with Gasteiger partial charge in [0.05, 0.1) is 6.42 Å². The second-order valence-corrected chi connectivity index (χ2v) is 5.48. The van der Waals surface area contributed by atoms with Gasteiger partial charge in [0.25, 0.3) is 0 Å². The van der Waals surface area contributed by atoms with Crippen molar-refractivity contribution in [2.24, 2.45) is 17.8 Å². The molecule has 1 amide bonds. The minimum Gasteiger partial charge on any atom is -0.481 e. The van der Waals surface area contributed by atoms with Gasteiger partial charge in [0.2, 0.25) is 5.91 Å². The molecule has 1 fully saturated rings. The van der Waals surface area contributed by atoms with Gasteiger partial charge in [-0.2, -0.15) is 0 Å². The molecule has 1 saturated carbocycles. The second kappa shape index (κ2) is 5.55. The van der Waals surface area contributed by atoms with E-state index in [0.29, 0.717) is 11.8 Å². The summed E-state index contributed by atoms with van der Waals surface area (Å²) in [6.45, 7) is 2.00. The Morgan fingerprint density at radius 1 is 1.39 bits per heavy atom. The van der Waals surface area contributed by atoms with E-state index in [9.17, 15) is 9.59 Å². The van der Waals surface area contributed by atoms with Crippen LogP contribution in [0.4, 0.5) is 0 Å². The third-order valence-electron chi connectivity index (χ3n) is 4.02. The molecule has 18 heavy (non-hydrogen) atoms. The topological polar surface area (TPSA) is 66.4 Å². The van der Waals surface area contributed by atoms with Crippen molar-refractivity contribution in [3.8, 4) is 0 Å². The number of nitrogens with one attached hydrogen (secondary N) is 1. The Morgan fingerprint density at radius 3 is 2.67 bits per heavy atom. The molecule has 2 aliphatic rings. The van der Waals surface area contributed by atoms with E-state index in [1.165, 1.54) is 0 Å². The Balaban J connectivity index is 1.88. The number of carbonyl (C=O) groups excluding carboxylic acids is 1. The summed E-state index contributed by atoms with van der Waals surface area (Å²) in [6, 6.07) is -0.219. The zero-order chi connectivity index (χ0) is 13.1. The van der Waals surface area contributed by atoms with Gasteiger partial charge in [0, 0.05) is 12.0 Å². The average Bonchev–Trinajstić information content (AvgIpc) is 2.89. The van der Waals surface area contributed by atoms with Crippen molar-refractivity contribution < 1.29 is 14.7 Å². The summed E-state index contributed by atoms with van der Waals surface area (Å²) in [5, 5.41) is 11.8. The Labute approximate surface area is 107 Å². The van der Waals surface area contributed by atoms with Crippen LogP contribution in [0.25, 0.3) is 0 Å². The fraction of sp³-hybridized carbons (Fsp3) is 0.714. The molecule has 4 atom stereocenters. The number of allylic oxidation sites excluding steroid dienone is 2. The van der Waals surface area contributed by atoms with Crippen LogP contribution in [0.1, 0.15) is 39.0 Å². The number of amides is 1. The molecular formula is C14H21NO3. The predicted octanol–water partition coefficient (Wildman–Crippen LogP) is 1.96. The number of rotatable bonds is 6. The van der Waals surface area contributed by atoms with Gasteiger partial charge >= 0.3 is 5.97 Å². The number of fused-ring (bicyclic) bond motifs is 2. The largest absolute Gasteiger partial charge is 0.481 e. The third kappa shape index (κ3) is 2.92. The highest BCUT2D eigenvalue weighted by molar-refractivity contribution is 5.81. The van der Waals surface area contributed by atoms with Gasteiger partial charge in [-0.25, -0.2) is 0 Å². The maximum atomic E-state index is 12.2. The highest BCUT2D eigenvalue weighted by atomic mass is 16.4. The molecule has 2 bridgehead atoms. The number of carbonyl (C=O) groups is 2. The van der Waals surface area contributed by atoms with Crippen molar-refractivity contribution >= 4 is 11.9 Å². The lowest BCUT2D eigenvalue weighted by molar-refractivity contribution is -0.138. The van der Waals surface area contributed by atoms with Gasteiger partial charge in [0.15, 0.2) is 0 Å². The molecule has 0 radical (unpaired) electrons. The van der Waals surface area contributed by atoms with Crippen molar-refractivity contribution in [2.75, 3.05) is 0 Å². The van der Waals surface area contributed by atoms with Crippen molar-refractivity contribution in [3.05, 3.63) is 12.2 Å². The maximum absolute atomic E-state index is 12.2.